The Hall–Kier alpha value is -1.96. The Morgan fingerprint density at radius 1 is 1.46 bits per heavy atom. The summed E-state index contributed by atoms with van der Waals surface area (Å²) in [5.74, 6) is -1.20. The van der Waals surface area contributed by atoms with Crippen molar-refractivity contribution in [3.8, 4) is 0 Å². The lowest BCUT2D eigenvalue weighted by atomic mass is 10.2. The van der Waals surface area contributed by atoms with E-state index in [1.807, 2.05) is 6.92 Å². The molecule has 0 aromatic carbocycles. The topological polar surface area (TPSA) is 99.6 Å². The van der Waals surface area contributed by atoms with Crippen LogP contribution in [0.2, 0.25) is 0 Å². The highest BCUT2D eigenvalue weighted by molar-refractivity contribution is 7.13. The minimum absolute atomic E-state index is 0.0149. The SMILES string of the molecule is CCCC(=O)N1CCCC1C(=O)NC(C)c1nc(C)c(C(=O)O)s1. The quantitative estimate of drug-likeness (QED) is 0.816. The number of hydrogen-bond acceptors (Lipinski definition) is 5. The first-order chi connectivity index (χ1) is 11.3. The molecule has 1 aliphatic heterocycles. The second kappa shape index (κ2) is 7.74. The molecule has 1 aromatic rings. The number of aromatic nitrogens is 1. The highest BCUT2D eigenvalue weighted by Crippen LogP contribution is 2.25. The molecule has 1 saturated heterocycles. The fraction of sp³-hybridized carbons (Fsp3) is 0.625. The molecular weight excluding hydrogens is 330 g/mol. The second-order valence-corrected chi connectivity index (χ2v) is 7.03. The number of aryl methyl sites for hydroxylation is 1. The summed E-state index contributed by atoms with van der Waals surface area (Å²) >= 11 is 1.07. The lowest BCUT2D eigenvalue weighted by Crippen LogP contribution is -2.46. The van der Waals surface area contributed by atoms with Crippen LogP contribution in [0.5, 0.6) is 0 Å². The Balaban J connectivity index is 2.04. The molecule has 24 heavy (non-hydrogen) atoms. The van der Waals surface area contributed by atoms with E-state index in [2.05, 4.69) is 10.3 Å². The zero-order chi connectivity index (χ0) is 17.9. The van der Waals surface area contributed by atoms with E-state index in [0.717, 1.165) is 24.2 Å². The van der Waals surface area contributed by atoms with Gasteiger partial charge in [-0.25, -0.2) is 9.78 Å². The first kappa shape index (κ1) is 18.4. The van der Waals surface area contributed by atoms with E-state index in [9.17, 15) is 14.4 Å². The van der Waals surface area contributed by atoms with E-state index < -0.39 is 18.1 Å². The lowest BCUT2D eigenvalue weighted by Gasteiger charge is -2.25. The molecule has 2 atom stereocenters. The predicted molar refractivity (Wildman–Crippen MR) is 90.0 cm³/mol. The van der Waals surface area contributed by atoms with Crippen LogP contribution in [0.4, 0.5) is 0 Å². The molecule has 0 spiro atoms. The molecule has 1 aliphatic rings. The molecule has 1 aromatic heterocycles. The van der Waals surface area contributed by atoms with Crippen LogP contribution >= 0.6 is 11.3 Å². The first-order valence-corrected chi connectivity index (χ1v) is 8.97. The summed E-state index contributed by atoms with van der Waals surface area (Å²) in [4.78, 5) is 41.8. The summed E-state index contributed by atoms with van der Waals surface area (Å²) in [6, 6.07) is -0.829. The van der Waals surface area contributed by atoms with Crippen LogP contribution < -0.4 is 5.32 Å². The summed E-state index contributed by atoms with van der Waals surface area (Å²) in [6.45, 7) is 5.97. The summed E-state index contributed by atoms with van der Waals surface area (Å²) in [7, 11) is 0. The normalized spacial score (nSPS) is 18.5. The number of carbonyl (C=O) groups is 3. The van der Waals surface area contributed by atoms with Crippen molar-refractivity contribution in [2.75, 3.05) is 6.54 Å². The summed E-state index contributed by atoms with van der Waals surface area (Å²) < 4.78 is 0. The van der Waals surface area contributed by atoms with Crippen LogP contribution in [0.15, 0.2) is 0 Å². The number of carbonyl (C=O) groups excluding carboxylic acids is 2. The Morgan fingerprint density at radius 2 is 2.17 bits per heavy atom. The zero-order valence-electron chi connectivity index (χ0n) is 14.2. The van der Waals surface area contributed by atoms with Gasteiger partial charge in [0.1, 0.15) is 15.9 Å². The van der Waals surface area contributed by atoms with Crippen molar-refractivity contribution >= 4 is 29.1 Å². The second-order valence-electron chi connectivity index (χ2n) is 6.00. The van der Waals surface area contributed by atoms with Gasteiger partial charge in [0.15, 0.2) is 0 Å². The van der Waals surface area contributed by atoms with Gasteiger partial charge in [-0.1, -0.05) is 6.92 Å². The van der Waals surface area contributed by atoms with Crippen molar-refractivity contribution in [1.29, 1.82) is 0 Å². The minimum atomic E-state index is -1.01. The molecule has 0 aliphatic carbocycles. The van der Waals surface area contributed by atoms with Crippen molar-refractivity contribution in [2.45, 2.75) is 58.5 Å². The number of amides is 2. The van der Waals surface area contributed by atoms with E-state index in [1.165, 1.54) is 0 Å². The number of carboxylic acid groups (broad SMARTS) is 1. The van der Waals surface area contributed by atoms with Gasteiger partial charge in [-0.2, -0.15) is 0 Å². The number of nitrogens with zero attached hydrogens (tertiary/aromatic N) is 2. The molecule has 8 heteroatoms. The molecule has 2 rings (SSSR count). The third-order valence-corrected chi connectivity index (χ3v) is 5.40. The monoisotopic (exact) mass is 353 g/mol. The van der Waals surface area contributed by atoms with E-state index in [1.54, 1.807) is 18.7 Å². The lowest BCUT2D eigenvalue weighted by molar-refractivity contribution is -0.138. The van der Waals surface area contributed by atoms with E-state index >= 15 is 0 Å². The average molecular weight is 353 g/mol. The average Bonchev–Trinajstić information content (AvgIpc) is 3.13. The number of hydrogen-bond donors (Lipinski definition) is 2. The third kappa shape index (κ3) is 3.92. The summed E-state index contributed by atoms with van der Waals surface area (Å²) in [5.41, 5.74) is 0.448. The molecule has 2 N–H and O–H groups in total. The highest BCUT2D eigenvalue weighted by Gasteiger charge is 2.34. The van der Waals surface area contributed by atoms with Gasteiger partial charge >= 0.3 is 5.97 Å². The molecule has 0 radical (unpaired) electrons. The van der Waals surface area contributed by atoms with Gasteiger partial charge in [0, 0.05) is 13.0 Å². The number of aromatic carboxylic acids is 1. The molecule has 0 saturated carbocycles. The molecule has 2 unspecified atom stereocenters. The van der Waals surface area contributed by atoms with Gasteiger partial charge < -0.3 is 15.3 Å². The predicted octanol–water partition coefficient (Wildman–Crippen LogP) is 2.12. The maximum atomic E-state index is 12.5. The van der Waals surface area contributed by atoms with Crippen LogP contribution in [0.3, 0.4) is 0 Å². The van der Waals surface area contributed by atoms with Crippen molar-refractivity contribution in [3.63, 3.8) is 0 Å². The van der Waals surface area contributed by atoms with E-state index in [0.29, 0.717) is 30.1 Å². The number of likely N-dealkylation sites (tertiary alicyclic amines) is 1. The van der Waals surface area contributed by atoms with Gasteiger partial charge in [-0.15, -0.1) is 11.3 Å². The molecule has 2 heterocycles. The van der Waals surface area contributed by atoms with Crippen molar-refractivity contribution in [2.24, 2.45) is 0 Å². The number of rotatable bonds is 6. The maximum Gasteiger partial charge on any atom is 0.347 e. The van der Waals surface area contributed by atoms with Crippen molar-refractivity contribution in [1.82, 2.24) is 15.2 Å². The van der Waals surface area contributed by atoms with Crippen LogP contribution in [0, 0.1) is 6.92 Å². The van der Waals surface area contributed by atoms with Gasteiger partial charge in [0.25, 0.3) is 0 Å². The Bertz CT molecular complexity index is 643. The van der Waals surface area contributed by atoms with Crippen LogP contribution in [-0.4, -0.2) is 45.4 Å². The third-order valence-electron chi connectivity index (χ3n) is 4.08. The fourth-order valence-corrected chi connectivity index (χ4v) is 3.78. The molecule has 1 fully saturated rings. The Kier molecular flexibility index (Phi) is 5.93. The van der Waals surface area contributed by atoms with Gasteiger partial charge in [-0.3, -0.25) is 9.59 Å². The smallest absolute Gasteiger partial charge is 0.347 e. The summed E-state index contributed by atoms with van der Waals surface area (Å²) in [6.07, 6.45) is 2.69. The Morgan fingerprint density at radius 3 is 2.75 bits per heavy atom. The summed E-state index contributed by atoms with van der Waals surface area (Å²) in [5, 5.41) is 12.5. The zero-order valence-corrected chi connectivity index (χ0v) is 15.0. The van der Waals surface area contributed by atoms with Crippen molar-refractivity contribution < 1.29 is 19.5 Å². The minimum Gasteiger partial charge on any atom is -0.477 e. The standard InChI is InChI=1S/C16H23N3O4S/c1-4-6-12(20)19-8-5-7-11(19)14(21)17-10(3)15-18-9(2)13(24-15)16(22)23/h10-11H,4-8H2,1-3H3,(H,17,21)(H,22,23). The number of nitrogens with one attached hydrogen (secondary N) is 1. The van der Waals surface area contributed by atoms with Gasteiger partial charge in [0.05, 0.1) is 11.7 Å². The van der Waals surface area contributed by atoms with Crippen molar-refractivity contribution in [3.05, 3.63) is 15.6 Å². The maximum absolute atomic E-state index is 12.5. The number of carboxylic acids is 1. The highest BCUT2D eigenvalue weighted by atomic mass is 32.1. The van der Waals surface area contributed by atoms with Crippen LogP contribution in [0.1, 0.15) is 65.9 Å². The largest absolute Gasteiger partial charge is 0.477 e. The van der Waals surface area contributed by atoms with Gasteiger partial charge in [-0.05, 0) is 33.1 Å². The Labute approximate surface area is 145 Å². The fourth-order valence-electron chi connectivity index (χ4n) is 2.87. The van der Waals surface area contributed by atoms with E-state index in [-0.39, 0.29) is 16.7 Å². The molecule has 2 amide bonds. The van der Waals surface area contributed by atoms with E-state index in [4.69, 9.17) is 5.11 Å². The van der Waals surface area contributed by atoms with Crippen LogP contribution in [0.25, 0.3) is 0 Å². The molecule has 0 bridgehead atoms. The first-order valence-electron chi connectivity index (χ1n) is 8.15. The molecule has 132 valence electrons. The van der Waals surface area contributed by atoms with Gasteiger partial charge in [0.2, 0.25) is 11.8 Å². The molecule has 7 nitrogen and oxygen atoms in total. The number of thiazole rings is 1. The van der Waals surface area contributed by atoms with Crippen LogP contribution in [-0.2, 0) is 9.59 Å². The molecular formula is C16H23N3O4S.